The summed E-state index contributed by atoms with van der Waals surface area (Å²) in [4.78, 5) is 6.55. The van der Waals surface area contributed by atoms with Crippen LogP contribution in [0.3, 0.4) is 0 Å². The zero-order valence-corrected chi connectivity index (χ0v) is 10.00. The molecule has 1 unspecified atom stereocenters. The Morgan fingerprint density at radius 3 is 3.12 bits per heavy atom. The maximum atomic E-state index is 5.40. The van der Waals surface area contributed by atoms with E-state index < -0.39 is 0 Å². The van der Waals surface area contributed by atoms with Crippen LogP contribution in [0.1, 0.15) is 12.2 Å². The van der Waals surface area contributed by atoms with Crippen LogP contribution in [0, 0.1) is 6.92 Å². The summed E-state index contributed by atoms with van der Waals surface area (Å²) in [7, 11) is 2.03. The third-order valence-corrected chi connectivity index (χ3v) is 3.27. The van der Waals surface area contributed by atoms with Gasteiger partial charge in [-0.1, -0.05) is 0 Å². The topological polar surface area (TPSA) is 55.5 Å². The number of aryl methyl sites for hydroxylation is 1. The molecule has 3 heterocycles. The minimum Gasteiger partial charge on any atom is -0.379 e. The zero-order chi connectivity index (χ0) is 11.8. The molecule has 6 nitrogen and oxygen atoms in total. The molecule has 1 aliphatic rings. The summed E-state index contributed by atoms with van der Waals surface area (Å²) in [6.07, 6.45) is 4.70. The van der Waals surface area contributed by atoms with Crippen LogP contribution >= 0.6 is 0 Å². The number of fused-ring (bicyclic) bond motifs is 1. The molecule has 0 radical (unpaired) electrons. The van der Waals surface area contributed by atoms with Gasteiger partial charge in [0.1, 0.15) is 5.82 Å². The molecular weight excluding hydrogens is 218 g/mol. The normalized spacial score (nSPS) is 20.0. The molecule has 0 amide bonds. The number of anilines is 1. The SMILES string of the molecule is Cc1nnc2c(N(C)C3CCOC3)nccn12. The van der Waals surface area contributed by atoms with E-state index in [1.807, 2.05) is 24.6 Å². The average Bonchev–Trinajstić information content (AvgIpc) is 2.98. The van der Waals surface area contributed by atoms with Crippen molar-refractivity contribution in [2.75, 3.05) is 25.2 Å². The standard InChI is InChI=1S/C11H15N5O/c1-8-13-14-11-10(12-4-5-16(8)11)15(2)9-3-6-17-7-9/h4-5,9H,3,6-7H2,1-2H3. The van der Waals surface area contributed by atoms with E-state index in [0.29, 0.717) is 6.04 Å². The molecule has 1 fully saturated rings. The second-order valence-corrected chi connectivity index (χ2v) is 4.32. The third-order valence-electron chi connectivity index (χ3n) is 3.27. The first kappa shape index (κ1) is 10.5. The summed E-state index contributed by atoms with van der Waals surface area (Å²) in [6.45, 7) is 3.51. The van der Waals surface area contributed by atoms with Gasteiger partial charge < -0.3 is 9.64 Å². The Morgan fingerprint density at radius 2 is 2.35 bits per heavy atom. The highest BCUT2D eigenvalue weighted by molar-refractivity contribution is 5.63. The van der Waals surface area contributed by atoms with Gasteiger partial charge in [-0.3, -0.25) is 4.40 Å². The van der Waals surface area contributed by atoms with Crippen molar-refractivity contribution in [3.05, 3.63) is 18.2 Å². The lowest BCUT2D eigenvalue weighted by Crippen LogP contribution is -2.32. The number of hydrogen-bond acceptors (Lipinski definition) is 5. The van der Waals surface area contributed by atoms with Crippen molar-refractivity contribution in [1.82, 2.24) is 19.6 Å². The van der Waals surface area contributed by atoms with Crippen LogP contribution in [-0.2, 0) is 4.74 Å². The second-order valence-electron chi connectivity index (χ2n) is 4.32. The average molecular weight is 233 g/mol. The van der Waals surface area contributed by atoms with Crippen molar-refractivity contribution in [2.24, 2.45) is 0 Å². The molecule has 6 heteroatoms. The van der Waals surface area contributed by atoms with Crippen LogP contribution in [0.5, 0.6) is 0 Å². The molecule has 1 atom stereocenters. The van der Waals surface area contributed by atoms with Crippen LogP contribution in [0.4, 0.5) is 5.82 Å². The van der Waals surface area contributed by atoms with E-state index in [4.69, 9.17) is 4.74 Å². The number of ether oxygens (including phenoxy) is 1. The van der Waals surface area contributed by atoms with Gasteiger partial charge in [-0.2, -0.15) is 0 Å². The Hall–Kier alpha value is -1.69. The van der Waals surface area contributed by atoms with Crippen molar-refractivity contribution >= 4 is 11.5 Å². The molecule has 0 spiro atoms. The van der Waals surface area contributed by atoms with Crippen LogP contribution in [0.15, 0.2) is 12.4 Å². The van der Waals surface area contributed by atoms with Gasteiger partial charge >= 0.3 is 0 Å². The molecule has 1 aliphatic heterocycles. The highest BCUT2D eigenvalue weighted by Gasteiger charge is 2.23. The molecule has 0 bridgehead atoms. The number of hydrogen-bond donors (Lipinski definition) is 0. The number of nitrogens with zero attached hydrogens (tertiary/aromatic N) is 5. The van der Waals surface area contributed by atoms with E-state index in [-0.39, 0.29) is 0 Å². The quantitative estimate of drug-likeness (QED) is 0.762. The highest BCUT2D eigenvalue weighted by atomic mass is 16.5. The van der Waals surface area contributed by atoms with Crippen LogP contribution < -0.4 is 4.90 Å². The van der Waals surface area contributed by atoms with E-state index in [1.54, 1.807) is 6.20 Å². The van der Waals surface area contributed by atoms with Gasteiger partial charge in [0.05, 0.1) is 12.6 Å². The smallest absolute Gasteiger partial charge is 0.203 e. The molecule has 0 N–H and O–H groups in total. The van der Waals surface area contributed by atoms with Crippen LogP contribution in [0.2, 0.25) is 0 Å². The first-order valence-electron chi connectivity index (χ1n) is 5.74. The van der Waals surface area contributed by atoms with Crippen molar-refractivity contribution < 1.29 is 4.74 Å². The highest BCUT2D eigenvalue weighted by Crippen LogP contribution is 2.21. The number of aromatic nitrogens is 4. The molecule has 17 heavy (non-hydrogen) atoms. The van der Waals surface area contributed by atoms with Gasteiger partial charge in [0.15, 0.2) is 5.82 Å². The summed E-state index contributed by atoms with van der Waals surface area (Å²) >= 11 is 0. The molecule has 3 rings (SSSR count). The van der Waals surface area contributed by atoms with Crippen molar-refractivity contribution in [3.8, 4) is 0 Å². The second kappa shape index (κ2) is 3.96. The Kier molecular flexibility index (Phi) is 2.44. The van der Waals surface area contributed by atoms with Gasteiger partial charge in [-0.25, -0.2) is 4.98 Å². The van der Waals surface area contributed by atoms with Crippen LogP contribution in [-0.4, -0.2) is 45.9 Å². The molecule has 90 valence electrons. The lowest BCUT2D eigenvalue weighted by Gasteiger charge is -2.24. The molecule has 2 aromatic rings. The van der Waals surface area contributed by atoms with E-state index in [0.717, 1.165) is 36.9 Å². The van der Waals surface area contributed by atoms with E-state index in [1.165, 1.54) is 0 Å². The molecule has 2 aromatic heterocycles. The predicted molar refractivity (Wildman–Crippen MR) is 63.1 cm³/mol. The maximum Gasteiger partial charge on any atom is 0.203 e. The zero-order valence-electron chi connectivity index (χ0n) is 10.00. The minimum absolute atomic E-state index is 0.380. The lowest BCUT2D eigenvalue weighted by atomic mass is 10.2. The minimum atomic E-state index is 0.380. The summed E-state index contributed by atoms with van der Waals surface area (Å²) in [6, 6.07) is 0.380. The molecular formula is C11H15N5O. The first-order chi connectivity index (χ1) is 8.27. The van der Waals surface area contributed by atoms with E-state index in [9.17, 15) is 0 Å². The monoisotopic (exact) mass is 233 g/mol. The van der Waals surface area contributed by atoms with Crippen molar-refractivity contribution in [1.29, 1.82) is 0 Å². The Balaban J connectivity index is 2.04. The van der Waals surface area contributed by atoms with Crippen molar-refractivity contribution in [2.45, 2.75) is 19.4 Å². The molecule has 0 aliphatic carbocycles. The van der Waals surface area contributed by atoms with Crippen LogP contribution in [0.25, 0.3) is 5.65 Å². The van der Waals surface area contributed by atoms with Gasteiger partial charge in [-0.15, -0.1) is 10.2 Å². The fourth-order valence-electron chi connectivity index (χ4n) is 2.18. The van der Waals surface area contributed by atoms with E-state index >= 15 is 0 Å². The van der Waals surface area contributed by atoms with Gasteiger partial charge in [-0.05, 0) is 13.3 Å². The largest absolute Gasteiger partial charge is 0.379 e. The Bertz CT molecular complexity index is 532. The third kappa shape index (κ3) is 1.64. The summed E-state index contributed by atoms with van der Waals surface area (Å²) in [5, 5.41) is 8.26. The summed E-state index contributed by atoms with van der Waals surface area (Å²) in [5.41, 5.74) is 0.805. The number of rotatable bonds is 2. The summed E-state index contributed by atoms with van der Waals surface area (Å²) < 4.78 is 7.36. The maximum absolute atomic E-state index is 5.40. The Morgan fingerprint density at radius 1 is 1.47 bits per heavy atom. The first-order valence-corrected chi connectivity index (χ1v) is 5.74. The van der Waals surface area contributed by atoms with Gasteiger partial charge in [0, 0.05) is 26.0 Å². The number of likely N-dealkylation sites (N-methyl/N-ethyl adjacent to an activating group) is 1. The molecule has 1 saturated heterocycles. The Labute approximate surface area is 99.2 Å². The summed E-state index contributed by atoms with van der Waals surface area (Å²) in [5.74, 6) is 1.74. The van der Waals surface area contributed by atoms with Gasteiger partial charge in [0.2, 0.25) is 5.65 Å². The van der Waals surface area contributed by atoms with Crippen molar-refractivity contribution in [3.63, 3.8) is 0 Å². The fourth-order valence-corrected chi connectivity index (χ4v) is 2.18. The molecule has 0 saturated carbocycles. The van der Waals surface area contributed by atoms with E-state index in [2.05, 4.69) is 20.1 Å². The van der Waals surface area contributed by atoms with Gasteiger partial charge in [0.25, 0.3) is 0 Å². The molecule has 0 aromatic carbocycles. The lowest BCUT2D eigenvalue weighted by molar-refractivity contribution is 0.193. The predicted octanol–water partition coefficient (Wildman–Crippen LogP) is 0.658. The fraction of sp³-hybridized carbons (Fsp3) is 0.545.